The fourth-order valence-electron chi connectivity index (χ4n) is 0.924. The van der Waals surface area contributed by atoms with Gasteiger partial charge in [0.15, 0.2) is 11.1 Å². The molecule has 0 aromatic carbocycles. The molecule has 4 N–H and O–H groups in total. The highest BCUT2D eigenvalue weighted by molar-refractivity contribution is 7.80. The van der Waals surface area contributed by atoms with Crippen LogP contribution < -0.4 is 16.4 Å². The van der Waals surface area contributed by atoms with Crippen LogP contribution in [0.4, 0.5) is 0 Å². The molecule has 0 saturated heterocycles. The smallest absolute Gasteiger partial charge is 0.195 e. The van der Waals surface area contributed by atoms with Crippen LogP contribution in [0.3, 0.4) is 0 Å². The van der Waals surface area contributed by atoms with Crippen molar-refractivity contribution in [3.8, 4) is 0 Å². The zero-order chi connectivity index (χ0) is 8.97. The molecule has 5 heteroatoms. The van der Waals surface area contributed by atoms with Gasteiger partial charge in [-0.2, -0.15) is 0 Å². The van der Waals surface area contributed by atoms with Crippen molar-refractivity contribution in [1.82, 2.24) is 10.6 Å². The molecule has 0 spiro atoms. The Labute approximate surface area is 77.6 Å². The molecule has 0 amide bonds. The molecule has 0 heterocycles. The van der Waals surface area contributed by atoms with Crippen molar-refractivity contribution in [2.45, 2.75) is 25.3 Å². The lowest BCUT2D eigenvalue weighted by Crippen LogP contribution is -2.42. The zero-order valence-electron chi connectivity index (χ0n) is 7.13. The van der Waals surface area contributed by atoms with Crippen LogP contribution in [0.2, 0.25) is 0 Å². The first-order valence-corrected chi connectivity index (χ1v) is 4.45. The molecule has 0 aliphatic heterocycles. The highest BCUT2D eigenvalue weighted by Crippen LogP contribution is 2.21. The van der Waals surface area contributed by atoms with E-state index in [1.54, 1.807) is 7.05 Å². The van der Waals surface area contributed by atoms with Crippen molar-refractivity contribution >= 4 is 23.3 Å². The lowest BCUT2D eigenvalue weighted by atomic mass is 9.94. The van der Waals surface area contributed by atoms with Crippen molar-refractivity contribution in [2.75, 3.05) is 7.05 Å². The second-order valence-corrected chi connectivity index (χ2v) is 3.21. The summed E-state index contributed by atoms with van der Waals surface area (Å²) in [5, 5.41) is 6.05. The molecule has 1 aliphatic carbocycles. The first-order valence-electron chi connectivity index (χ1n) is 4.04. The van der Waals surface area contributed by atoms with E-state index in [1.165, 1.54) is 6.42 Å². The van der Waals surface area contributed by atoms with Gasteiger partial charge in [0.1, 0.15) is 0 Å². The number of hydrogen-bond donors (Lipinski definition) is 3. The van der Waals surface area contributed by atoms with Crippen molar-refractivity contribution in [2.24, 2.45) is 10.7 Å². The third kappa shape index (κ3) is 2.65. The molecule has 1 rings (SSSR count). The monoisotopic (exact) mass is 186 g/mol. The molecular formula is C7H14N4S. The van der Waals surface area contributed by atoms with Crippen LogP contribution in [0.15, 0.2) is 4.99 Å². The Hall–Kier alpha value is -0.840. The lowest BCUT2D eigenvalue weighted by Gasteiger charge is -2.21. The average Bonchev–Trinajstić information content (AvgIpc) is 1.97. The molecule has 4 nitrogen and oxygen atoms in total. The van der Waals surface area contributed by atoms with Crippen molar-refractivity contribution < 1.29 is 0 Å². The van der Waals surface area contributed by atoms with Crippen LogP contribution >= 0.6 is 12.2 Å². The average molecular weight is 186 g/mol. The minimum Gasteiger partial charge on any atom is -0.370 e. The Morgan fingerprint density at radius 2 is 2.25 bits per heavy atom. The summed E-state index contributed by atoms with van der Waals surface area (Å²) in [6.07, 6.45) is 3.56. The van der Waals surface area contributed by atoms with Crippen molar-refractivity contribution in [3.05, 3.63) is 0 Å². The van der Waals surface area contributed by atoms with E-state index >= 15 is 0 Å². The summed E-state index contributed by atoms with van der Waals surface area (Å²) < 4.78 is 0. The number of rotatable bonds is 1. The summed E-state index contributed by atoms with van der Waals surface area (Å²) in [6.45, 7) is 0. The van der Waals surface area contributed by atoms with E-state index in [4.69, 9.17) is 18.0 Å². The molecule has 0 aromatic heterocycles. The Morgan fingerprint density at radius 1 is 1.58 bits per heavy atom. The molecule has 1 saturated carbocycles. The van der Waals surface area contributed by atoms with Gasteiger partial charge < -0.3 is 16.4 Å². The quantitative estimate of drug-likeness (QED) is 0.305. The van der Waals surface area contributed by atoms with Crippen LogP contribution in [-0.2, 0) is 0 Å². The molecule has 0 aromatic rings. The minimum atomic E-state index is 0.414. The molecular weight excluding hydrogens is 172 g/mol. The Balaban J connectivity index is 2.30. The first-order chi connectivity index (χ1) is 5.72. The number of nitrogens with one attached hydrogen (secondary N) is 2. The second-order valence-electron chi connectivity index (χ2n) is 2.80. The third-order valence-corrected chi connectivity index (χ3v) is 2.17. The molecule has 12 heavy (non-hydrogen) atoms. The van der Waals surface area contributed by atoms with E-state index in [0.717, 1.165) is 12.8 Å². The molecule has 0 atom stereocenters. The normalized spacial score (nSPS) is 18.2. The maximum absolute atomic E-state index is 5.57. The summed E-state index contributed by atoms with van der Waals surface area (Å²) in [5.41, 5.74) is 5.57. The predicted molar refractivity (Wildman–Crippen MR) is 54.1 cm³/mol. The van der Waals surface area contributed by atoms with Crippen LogP contribution in [0.1, 0.15) is 19.3 Å². The van der Waals surface area contributed by atoms with Crippen LogP contribution in [0, 0.1) is 0 Å². The molecule has 1 aliphatic rings. The van der Waals surface area contributed by atoms with Crippen LogP contribution in [-0.4, -0.2) is 24.2 Å². The number of thiocarbonyl (C=S) groups is 1. The zero-order valence-corrected chi connectivity index (χ0v) is 7.95. The summed E-state index contributed by atoms with van der Waals surface area (Å²) in [7, 11) is 1.74. The third-order valence-electron chi connectivity index (χ3n) is 1.87. The summed E-state index contributed by atoms with van der Waals surface area (Å²) in [4.78, 5) is 4.23. The molecule has 1 fully saturated rings. The Morgan fingerprint density at radius 3 is 2.67 bits per heavy atom. The lowest BCUT2D eigenvalue weighted by molar-refractivity contribution is 0.419. The first kappa shape index (κ1) is 9.25. The number of nitrogens with two attached hydrogens (primary N) is 1. The van der Waals surface area contributed by atoms with Crippen molar-refractivity contribution in [1.29, 1.82) is 0 Å². The molecule has 0 radical (unpaired) electrons. The van der Waals surface area contributed by atoms with Crippen molar-refractivity contribution in [3.63, 3.8) is 0 Å². The van der Waals surface area contributed by atoms with Crippen LogP contribution in [0.25, 0.3) is 0 Å². The fourth-order valence-corrected chi connectivity index (χ4v) is 1.03. The largest absolute Gasteiger partial charge is 0.370 e. The van der Waals surface area contributed by atoms with E-state index in [2.05, 4.69) is 15.6 Å². The van der Waals surface area contributed by atoms with E-state index < -0.39 is 0 Å². The van der Waals surface area contributed by atoms with Gasteiger partial charge in [-0.15, -0.1) is 0 Å². The van der Waals surface area contributed by atoms with Gasteiger partial charge in [-0.05, 0) is 31.5 Å². The number of aliphatic imine (C=N–C) groups is 1. The second kappa shape index (κ2) is 4.25. The molecule has 0 bridgehead atoms. The molecule has 0 unspecified atom stereocenters. The van der Waals surface area contributed by atoms with Gasteiger partial charge in [0.25, 0.3) is 0 Å². The van der Waals surface area contributed by atoms with Gasteiger partial charge in [0.05, 0.1) is 6.04 Å². The van der Waals surface area contributed by atoms with Gasteiger partial charge in [-0.1, -0.05) is 0 Å². The summed E-state index contributed by atoms with van der Waals surface area (Å²) in [5.74, 6) is 0.416. The van der Waals surface area contributed by atoms with E-state index in [1.807, 2.05) is 0 Å². The minimum absolute atomic E-state index is 0.414. The number of nitrogens with zero attached hydrogens (tertiary/aromatic N) is 1. The SMILES string of the molecule is CNC(=S)NC(N)=NC1CCC1. The number of guanidine groups is 1. The highest BCUT2D eigenvalue weighted by Gasteiger charge is 2.16. The van der Waals surface area contributed by atoms with E-state index in [-0.39, 0.29) is 0 Å². The Bertz CT molecular complexity index is 198. The van der Waals surface area contributed by atoms with E-state index in [0.29, 0.717) is 17.1 Å². The Kier molecular flexibility index (Phi) is 3.28. The highest BCUT2D eigenvalue weighted by atomic mass is 32.1. The molecule has 68 valence electrons. The van der Waals surface area contributed by atoms with Crippen LogP contribution in [0.5, 0.6) is 0 Å². The maximum Gasteiger partial charge on any atom is 0.195 e. The van der Waals surface area contributed by atoms with Gasteiger partial charge >= 0.3 is 0 Å². The van der Waals surface area contributed by atoms with E-state index in [9.17, 15) is 0 Å². The number of hydrogen-bond acceptors (Lipinski definition) is 2. The summed E-state index contributed by atoms with van der Waals surface area (Å²) in [6, 6.07) is 0.414. The topological polar surface area (TPSA) is 62.4 Å². The maximum atomic E-state index is 5.57. The predicted octanol–water partition coefficient (Wildman–Crippen LogP) is -0.0525. The van der Waals surface area contributed by atoms with Gasteiger partial charge in [-0.3, -0.25) is 0 Å². The van der Waals surface area contributed by atoms with Gasteiger partial charge in [0, 0.05) is 7.05 Å². The van der Waals surface area contributed by atoms with Gasteiger partial charge in [0.2, 0.25) is 0 Å². The summed E-state index contributed by atoms with van der Waals surface area (Å²) >= 11 is 4.86. The standard InChI is InChI=1S/C7H14N4S/c1-9-7(12)11-6(8)10-5-3-2-4-5/h5H,2-4H2,1H3,(H4,8,9,10,11,12). The van der Waals surface area contributed by atoms with Gasteiger partial charge in [-0.25, -0.2) is 4.99 Å². The fraction of sp³-hybridized carbons (Fsp3) is 0.714.